The van der Waals surface area contributed by atoms with Gasteiger partial charge in [0, 0.05) is 88.2 Å². The fourth-order valence-corrected chi connectivity index (χ4v) is 7.82. The predicted octanol–water partition coefficient (Wildman–Crippen LogP) is 9.36. The van der Waals surface area contributed by atoms with E-state index in [0.29, 0.717) is 31.6 Å². The molecule has 0 heterocycles. The standard InChI is InChI=1S/C12H23NO2S2.C11H21NO2S2.C10H16N4.C9H15NO2.C5H8O2/c1-5-13(6-2)11(16)17-9-12(3,4)10(15)7-8-14;1-5-12(6-2)10(15)16-11(3,4)9(14)7-8-13;1-6-9(3,8-11)13-14-10(4,7-2)12-5;1-5-8(12)10-9(3,4)6-7(2)11;1-3-5(6)7-4-2/h14H,5-9H2,1-4H3;13H,5-8H2,1-4H3;6-7H2,1-4H3;5H,1,6H2,2-4H3,(H,10,12);3H,1,4H2,2H3. The van der Waals surface area contributed by atoms with Crippen molar-refractivity contribution < 1.29 is 38.9 Å². The van der Waals surface area contributed by atoms with Gasteiger partial charge in [0.05, 0.1) is 24.0 Å². The number of hydrogen-bond donors (Lipinski definition) is 3. The largest absolute Gasteiger partial charge is 0.463 e. The number of thioether (sulfide) groups is 2. The Kier molecular flexibility index (Phi) is 41.5. The SMILES string of the molecule is C=CC(=O)NC(C)(C)CC(C)=O.C=CC(=O)OCC.CCN(CC)C(=S)SC(C)(C)C(=O)CCO.CCN(CC)C(=S)SCC(C)(C)C(=O)CCO.[C-]#[N+]C(C)(CC)N=NC(C)(C#N)CC. The molecule has 0 radical (unpaired) electrons. The van der Waals surface area contributed by atoms with Crippen molar-refractivity contribution in [3.8, 4) is 6.07 Å². The van der Waals surface area contributed by atoms with Gasteiger partial charge < -0.3 is 30.1 Å². The Morgan fingerprint density at radius 2 is 1.27 bits per heavy atom. The zero-order chi connectivity index (χ0) is 53.0. The Labute approximate surface area is 417 Å². The lowest BCUT2D eigenvalue weighted by atomic mass is 9.89. The molecule has 378 valence electrons. The summed E-state index contributed by atoms with van der Waals surface area (Å²) in [5, 5.41) is 37.0. The number of azo groups is 1. The Morgan fingerprint density at radius 3 is 1.61 bits per heavy atom. The number of ether oxygens (including phenoxy) is 1. The Hall–Kier alpha value is -3.59. The van der Waals surface area contributed by atoms with E-state index in [0.717, 1.165) is 40.9 Å². The van der Waals surface area contributed by atoms with Crippen LogP contribution in [-0.2, 0) is 28.7 Å². The van der Waals surface area contributed by atoms with Gasteiger partial charge in [-0.25, -0.2) is 11.4 Å². The molecule has 2 atom stereocenters. The van der Waals surface area contributed by atoms with Crippen LogP contribution >= 0.6 is 48.0 Å². The van der Waals surface area contributed by atoms with Crippen molar-refractivity contribution in [2.24, 2.45) is 15.6 Å². The zero-order valence-corrected chi connectivity index (χ0v) is 46.2. The number of carbonyl (C=O) groups is 5. The maximum Gasteiger partial charge on any atom is 0.337 e. The van der Waals surface area contributed by atoms with Gasteiger partial charge in [-0.2, -0.15) is 10.4 Å². The highest BCUT2D eigenvalue weighted by Gasteiger charge is 2.31. The van der Waals surface area contributed by atoms with Crippen molar-refractivity contribution >= 4 is 85.8 Å². The van der Waals surface area contributed by atoms with Gasteiger partial charge in [0.2, 0.25) is 5.91 Å². The third kappa shape index (κ3) is 35.6. The van der Waals surface area contributed by atoms with Crippen molar-refractivity contribution in [1.29, 1.82) is 5.26 Å². The molecule has 2 unspecified atom stereocenters. The van der Waals surface area contributed by atoms with Gasteiger partial charge in [0.1, 0.15) is 20.2 Å². The normalized spacial score (nSPS) is 12.5. The number of aliphatic hydroxyl groups excluding tert-OH is 2. The van der Waals surface area contributed by atoms with E-state index < -0.39 is 26.9 Å². The molecule has 19 heteroatoms. The summed E-state index contributed by atoms with van der Waals surface area (Å²) in [4.78, 5) is 62.7. The summed E-state index contributed by atoms with van der Waals surface area (Å²) in [6.45, 7) is 47.0. The molecule has 0 fully saturated rings. The summed E-state index contributed by atoms with van der Waals surface area (Å²) in [5.41, 5.74) is -2.50. The van der Waals surface area contributed by atoms with Crippen LogP contribution in [0.15, 0.2) is 35.5 Å². The van der Waals surface area contributed by atoms with Crippen LogP contribution in [0.1, 0.15) is 143 Å². The monoisotopic (exact) mass is 1000 g/mol. The number of Topliss-reactive ketones (excluding diaryl/α,β-unsaturated/α-hetero) is 3. The molecule has 0 aliphatic heterocycles. The van der Waals surface area contributed by atoms with Gasteiger partial charge >= 0.3 is 11.6 Å². The van der Waals surface area contributed by atoms with E-state index in [2.05, 4.69) is 63.1 Å². The van der Waals surface area contributed by atoms with Crippen LogP contribution in [0.25, 0.3) is 4.85 Å². The van der Waals surface area contributed by atoms with E-state index >= 15 is 0 Å². The number of amides is 1. The van der Waals surface area contributed by atoms with Crippen LogP contribution < -0.4 is 5.32 Å². The molecular formula is C47H83N7O8S4. The minimum absolute atomic E-state index is 0.0366. The molecule has 0 aromatic rings. The van der Waals surface area contributed by atoms with E-state index in [-0.39, 0.29) is 55.3 Å². The summed E-state index contributed by atoms with van der Waals surface area (Å²) >= 11 is 13.6. The lowest BCUT2D eigenvalue weighted by Gasteiger charge is -2.28. The van der Waals surface area contributed by atoms with Crippen LogP contribution in [0.5, 0.6) is 0 Å². The number of thiocarbonyl (C=S) groups is 2. The molecule has 0 aromatic carbocycles. The summed E-state index contributed by atoms with van der Waals surface area (Å²) in [7, 11) is 0. The van der Waals surface area contributed by atoms with E-state index in [1.54, 1.807) is 46.4 Å². The third-order valence-electron chi connectivity index (χ3n) is 9.16. The molecule has 15 nitrogen and oxygen atoms in total. The first-order valence-electron chi connectivity index (χ1n) is 22.1. The minimum atomic E-state index is -0.812. The molecule has 0 aromatic heterocycles. The highest BCUT2D eigenvalue weighted by molar-refractivity contribution is 8.24. The number of aliphatic hydroxyl groups is 2. The molecule has 0 spiro atoms. The number of ketones is 3. The molecule has 1 amide bonds. The van der Waals surface area contributed by atoms with Crippen molar-refractivity contribution in [3.63, 3.8) is 0 Å². The van der Waals surface area contributed by atoms with Crippen molar-refractivity contribution in [2.45, 2.75) is 164 Å². The van der Waals surface area contributed by atoms with Crippen molar-refractivity contribution in [1.82, 2.24) is 15.1 Å². The number of carbonyl (C=O) groups excluding carboxylic acids is 5. The molecular weight excluding hydrogens is 919 g/mol. The number of nitrogens with one attached hydrogen (secondary N) is 1. The second-order valence-electron chi connectivity index (χ2n) is 16.5. The molecule has 0 bridgehead atoms. The molecule has 3 N–H and O–H groups in total. The zero-order valence-electron chi connectivity index (χ0n) is 42.9. The van der Waals surface area contributed by atoms with E-state index in [4.69, 9.17) is 46.5 Å². The quantitative estimate of drug-likeness (QED) is 0.0287. The highest BCUT2D eigenvalue weighted by atomic mass is 32.2. The molecule has 0 saturated carbocycles. The summed E-state index contributed by atoms with van der Waals surface area (Å²) < 4.78 is 5.48. The highest BCUT2D eigenvalue weighted by Crippen LogP contribution is 2.30. The average molecular weight is 1000 g/mol. The van der Waals surface area contributed by atoms with E-state index in [1.165, 1.54) is 24.8 Å². The Morgan fingerprint density at radius 1 is 0.803 bits per heavy atom. The topological polar surface area (TPSA) is 206 Å². The first kappa shape index (κ1) is 71.4. The summed E-state index contributed by atoms with van der Waals surface area (Å²) in [6.07, 6.45) is 4.31. The fourth-order valence-electron chi connectivity index (χ4n) is 4.37. The average Bonchev–Trinajstić information content (AvgIpc) is 3.25. The smallest absolute Gasteiger partial charge is 0.337 e. The van der Waals surface area contributed by atoms with Crippen LogP contribution in [0.4, 0.5) is 0 Å². The molecule has 0 aliphatic rings. The van der Waals surface area contributed by atoms with Crippen molar-refractivity contribution in [2.75, 3.05) is 51.8 Å². The van der Waals surface area contributed by atoms with Crippen LogP contribution in [0.2, 0.25) is 0 Å². The number of nitriles is 1. The molecule has 0 rings (SSSR count). The van der Waals surface area contributed by atoms with Crippen LogP contribution in [-0.4, -0.2) is 131 Å². The van der Waals surface area contributed by atoms with Gasteiger partial charge in [0.25, 0.3) is 0 Å². The summed E-state index contributed by atoms with van der Waals surface area (Å²) in [6, 6.07) is 2.09. The fraction of sp³-hybridized carbons (Fsp3) is 0.723. The van der Waals surface area contributed by atoms with Gasteiger partial charge in [-0.1, -0.05) is 88.8 Å². The second-order valence-corrected chi connectivity index (χ2v) is 20.4. The number of esters is 1. The Balaban J connectivity index is -0.000000240. The second kappa shape index (κ2) is 38.4. The van der Waals surface area contributed by atoms with Gasteiger partial charge in [0.15, 0.2) is 11.3 Å². The third-order valence-corrected chi connectivity index (χ3v) is 12.8. The molecule has 0 aliphatic carbocycles. The van der Waals surface area contributed by atoms with Crippen molar-refractivity contribution in [3.05, 3.63) is 36.7 Å². The van der Waals surface area contributed by atoms with Gasteiger partial charge in [-0.05, 0) is 88.7 Å². The van der Waals surface area contributed by atoms with E-state index in [9.17, 15) is 24.0 Å². The van der Waals surface area contributed by atoms with E-state index in [1.807, 2.05) is 60.3 Å². The number of nitrogens with zero attached hydrogens (tertiary/aromatic N) is 6. The first-order chi connectivity index (χ1) is 30.4. The number of rotatable bonds is 23. The van der Waals surface area contributed by atoms with Gasteiger partial charge in [-0.3, -0.25) is 24.0 Å². The minimum Gasteiger partial charge on any atom is -0.463 e. The number of hydrogen-bond acceptors (Lipinski definition) is 15. The molecule has 66 heavy (non-hydrogen) atoms. The first-order valence-corrected chi connectivity index (χ1v) is 24.7. The van der Waals surface area contributed by atoms with Crippen LogP contribution in [0.3, 0.4) is 0 Å². The molecule has 0 saturated heterocycles. The lowest BCUT2D eigenvalue weighted by Crippen LogP contribution is -2.43. The summed E-state index contributed by atoms with van der Waals surface area (Å²) in [5.74, 6) is 0.249. The van der Waals surface area contributed by atoms with Crippen LogP contribution in [0, 0.1) is 23.3 Å². The predicted molar refractivity (Wildman–Crippen MR) is 281 cm³/mol. The Bertz CT molecular complexity index is 1610. The lowest BCUT2D eigenvalue weighted by molar-refractivity contribution is -0.137. The van der Waals surface area contributed by atoms with Gasteiger partial charge in [-0.15, -0.1) is 5.11 Å². The maximum absolute atomic E-state index is 11.8. The maximum atomic E-state index is 11.8.